The zero-order valence-electron chi connectivity index (χ0n) is 12.8. The molecule has 2 aliphatic heterocycles. The second-order valence-corrected chi connectivity index (χ2v) is 6.53. The molecule has 0 radical (unpaired) electrons. The van der Waals surface area contributed by atoms with Gasteiger partial charge < -0.3 is 9.47 Å². The van der Waals surface area contributed by atoms with Gasteiger partial charge in [0.25, 0.3) is 0 Å². The Balaban J connectivity index is 2.54. The zero-order valence-corrected chi connectivity index (χ0v) is 12.8. The lowest BCUT2D eigenvalue weighted by Gasteiger charge is -2.35. The summed E-state index contributed by atoms with van der Waals surface area (Å²) in [4.78, 5) is 38.9. The van der Waals surface area contributed by atoms with Gasteiger partial charge in [0.05, 0.1) is 13.7 Å². The number of esters is 1. The summed E-state index contributed by atoms with van der Waals surface area (Å²) in [5.74, 6) is -2.46. The summed E-state index contributed by atoms with van der Waals surface area (Å²) >= 11 is 0. The van der Waals surface area contributed by atoms with Crippen LogP contribution in [0, 0.1) is 11.3 Å². The van der Waals surface area contributed by atoms with Gasteiger partial charge in [0.15, 0.2) is 5.78 Å². The molecule has 0 bridgehead atoms. The second kappa shape index (κ2) is 4.94. The molecule has 0 aromatic rings. The number of rotatable bonds is 3. The van der Waals surface area contributed by atoms with E-state index in [-0.39, 0.29) is 18.9 Å². The van der Waals surface area contributed by atoms with Crippen LogP contribution in [0.2, 0.25) is 0 Å². The number of ether oxygens (including phenoxy) is 2. The van der Waals surface area contributed by atoms with E-state index in [0.717, 1.165) is 0 Å². The largest absolute Gasteiger partial charge is 0.467 e. The molecular formula is C15H21NO5. The number of carbonyl (C=O) groups excluding carboxylic acids is 3. The maximum atomic E-state index is 12.7. The second-order valence-electron chi connectivity index (χ2n) is 6.53. The zero-order chi connectivity index (χ0) is 16.0. The SMILES string of the molecule is C=CC[C@H]1C(=O)N2[C@@H](C(C)(C)C)OC[C@]2(C(=O)OC)C1=O. The van der Waals surface area contributed by atoms with Crippen LogP contribution in [-0.2, 0) is 23.9 Å². The van der Waals surface area contributed by atoms with E-state index in [1.54, 1.807) is 0 Å². The van der Waals surface area contributed by atoms with Gasteiger partial charge in [-0.15, -0.1) is 6.58 Å². The number of ketones is 1. The normalized spacial score (nSPS) is 32.3. The molecule has 2 heterocycles. The molecule has 21 heavy (non-hydrogen) atoms. The Morgan fingerprint density at radius 2 is 2.14 bits per heavy atom. The lowest BCUT2D eigenvalue weighted by atomic mass is 9.89. The van der Waals surface area contributed by atoms with Crippen LogP contribution >= 0.6 is 0 Å². The van der Waals surface area contributed by atoms with Crippen LogP contribution in [0.3, 0.4) is 0 Å². The third-order valence-electron chi connectivity index (χ3n) is 4.02. The van der Waals surface area contributed by atoms with E-state index in [1.165, 1.54) is 18.1 Å². The number of allylic oxidation sites excluding steroid dienone is 1. The maximum absolute atomic E-state index is 12.7. The highest BCUT2D eigenvalue weighted by Crippen LogP contribution is 2.45. The maximum Gasteiger partial charge on any atom is 0.342 e. The molecule has 2 fully saturated rings. The van der Waals surface area contributed by atoms with E-state index < -0.39 is 34.9 Å². The average molecular weight is 295 g/mol. The smallest absolute Gasteiger partial charge is 0.342 e. The van der Waals surface area contributed by atoms with Crippen molar-refractivity contribution in [2.24, 2.45) is 11.3 Å². The van der Waals surface area contributed by atoms with Crippen LogP contribution in [-0.4, -0.2) is 48.0 Å². The minimum atomic E-state index is -1.64. The van der Waals surface area contributed by atoms with E-state index >= 15 is 0 Å². The van der Waals surface area contributed by atoms with E-state index in [0.29, 0.717) is 0 Å². The number of carbonyl (C=O) groups is 3. The summed E-state index contributed by atoms with van der Waals surface area (Å²) in [7, 11) is 1.21. The molecule has 0 aromatic carbocycles. The molecule has 116 valence electrons. The fourth-order valence-corrected chi connectivity index (χ4v) is 3.04. The molecule has 0 aliphatic carbocycles. The molecule has 0 spiro atoms. The lowest BCUT2D eigenvalue weighted by molar-refractivity contribution is -0.160. The third-order valence-corrected chi connectivity index (χ3v) is 4.02. The van der Waals surface area contributed by atoms with Gasteiger partial charge >= 0.3 is 5.97 Å². The van der Waals surface area contributed by atoms with Crippen molar-refractivity contribution < 1.29 is 23.9 Å². The van der Waals surface area contributed by atoms with Crippen LogP contribution in [0.15, 0.2) is 12.7 Å². The molecule has 6 nitrogen and oxygen atoms in total. The number of hydrogen-bond acceptors (Lipinski definition) is 5. The summed E-state index contributed by atoms with van der Waals surface area (Å²) in [5, 5.41) is 0. The fraction of sp³-hybridized carbons (Fsp3) is 0.667. The van der Waals surface area contributed by atoms with Crippen LogP contribution in [0.25, 0.3) is 0 Å². The standard InChI is InChI=1S/C15H21NO5/c1-6-7-9-10(17)15(13(19)20-5)8-21-12(14(2,3)4)16(15)11(9)18/h6,9,12H,1,7-8H2,2-5H3/t9-,12-,15-/m1/s1. The van der Waals surface area contributed by atoms with Crippen molar-refractivity contribution in [2.75, 3.05) is 13.7 Å². The Morgan fingerprint density at radius 3 is 2.62 bits per heavy atom. The molecule has 1 amide bonds. The number of nitrogens with zero attached hydrogens (tertiary/aromatic N) is 1. The molecule has 0 unspecified atom stereocenters. The quantitative estimate of drug-likeness (QED) is 0.439. The van der Waals surface area contributed by atoms with Gasteiger partial charge in [-0.05, 0) is 6.42 Å². The molecule has 0 N–H and O–H groups in total. The monoisotopic (exact) mass is 295 g/mol. The van der Waals surface area contributed by atoms with Crippen molar-refractivity contribution in [2.45, 2.75) is 39.0 Å². The summed E-state index contributed by atoms with van der Waals surface area (Å²) < 4.78 is 10.4. The third kappa shape index (κ3) is 2.00. The van der Waals surface area contributed by atoms with Gasteiger partial charge in [-0.25, -0.2) is 4.79 Å². The van der Waals surface area contributed by atoms with Crippen LogP contribution in [0.5, 0.6) is 0 Å². The molecule has 2 rings (SSSR count). The molecular weight excluding hydrogens is 274 g/mol. The fourth-order valence-electron chi connectivity index (χ4n) is 3.04. The minimum Gasteiger partial charge on any atom is -0.467 e. The van der Waals surface area contributed by atoms with E-state index in [4.69, 9.17) is 9.47 Å². The van der Waals surface area contributed by atoms with Gasteiger partial charge in [0, 0.05) is 5.41 Å². The summed E-state index contributed by atoms with van der Waals surface area (Å²) in [6.07, 6.45) is 1.09. The van der Waals surface area contributed by atoms with Crippen molar-refractivity contribution in [1.82, 2.24) is 4.90 Å². The Hall–Kier alpha value is -1.69. The highest BCUT2D eigenvalue weighted by Gasteiger charge is 2.70. The summed E-state index contributed by atoms with van der Waals surface area (Å²) in [6.45, 7) is 9.10. The van der Waals surface area contributed by atoms with Crippen molar-refractivity contribution in [3.63, 3.8) is 0 Å². The molecule has 0 aromatic heterocycles. The Kier molecular flexibility index (Phi) is 3.70. The first kappa shape index (κ1) is 15.7. The number of methoxy groups -OCH3 is 1. The van der Waals surface area contributed by atoms with Gasteiger partial charge in [0.1, 0.15) is 12.1 Å². The highest BCUT2D eigenvalue weighted by atomic mass is 16.6. The lowest BCUT2D eigenvalue weighted by Crippen LogP contribution is -2.57. The predicted octanol–water partition coefficient (Wildman–Crippen LogP) is 0.904. The molecule has 2 saturated heterocycles. The predicted molar refractivity (Wildman–Crippen MR) is 74.1 cm³/mol. The number of fused-ring (bicyclic) bond motifs is 1. The Labute approximate surface area is 124 Å². The van der Waals surface area contributed by atoms with Crippen molar-refractivity contribution in [1.29, 1.82) is 0 Å². The summed E-state index contributed by atoms with van der Waals surface area (Å²) in [5.41, 5.74) is -2.06. The minimum absolute atomic E-state index is 0.153. The van der Waals surface area contributed by atoms with E-state index in [2.05, 4.69) is 6.58 Å². The topological polar surface area (TPSA) is 72.9 Å². The van der Waals surface area contributed by atoms with Crippen molar-refractivity contribution >= 4 is 17.7 Å². The number of hydrogen-bond donors (Lipinski definition) is 0. The van der Waals surface area contributed by atoms with Crippen LogP contribution < -0.4 is 0 Å². The first-order valence-corrected chi connectivity index (χ1v) is 6.90. The van der Waals surface area contributed by atoms with E-state index in [9.17, 15) is 14.4 Å². The summed E-state index contributed by atoms with van der Waals surface area (Å²) in [6, 6.07) is 0. The highest BCUT2D eigenvalue weighted by molar-refractivity contribution is 6.23. The molecule has 3 atom stereocenters. The van der Waals surface area contributed by atoms with Crippen molar-refractivity contribution in [3.05, 3.63) is 12.7 Å². The van der Waals surface area contributed by atoms with Gasteiger partial charge in [-0.3, -0.25) is 14.5 Å². The first-order valence-electron chi connectivity index (χ1n) is 6.90. The molecule has 0 saturated carbocycles. The van der Waals surface area contributed by atoms with Crippen molar-refractivity contribution in [3.8, 4) is 0 Å². The van der Waals surface area contributed by atoms with Crippen LogP contribution in [0.1, 0.15) is 27.2 Å². The van der Waals surface area contributed by atoms with Gasteiger partial charge in [0.2, 0.25) is 11.4 Å². The molecule has 2 aliphatic rings. The van der Waals surface area contributed by atoms with Gasteiger partial charge in [-0.2, -0.15) is 0 Å². The van der Waals surface area contributed by atoms with Crippen LogP contribution in [0.4, 0.5) is 0 Å². The van der Waals surface area contributed by atoms with Gasteiger partial charge in [-0.1, -0.05) is 26.8 Å². The average Bonchev–Trinajstić information content (AvgIpc) is 2.90. The Morgan fingerprint density at radius 1 is 1.52 bits per heavy atom. The van der Waals surface area contributed by atoms with E-state index in [1.807, 2.05) is 20.8 Å². The first-order chi connectivity index (χ1) is 9.71. The molecule has 6 heteroatoms. The number of Topliss-reactive ketones (excluding diaryl/α,β-unsaturated/α-hetero) is 1. The Bertz CT molecular complexity index is 507. The number of amides is 1.